The highest BCUT2D eigenvalue weighted by Crippen LogP contribution is 2.16. The maximum Gasteiger partial charge on any atom is 0.271 e. The van der Waals surface area contributed by atoms with Gasteiger partial charge in [-0.05, 0) is 12.5 Å². The second-order valence-corrected chi connectivity index (χ2v) is 4.71. The fraction of sp³-hybridized carbons (Fsp3) is 0.312. The normalized spacial score (nSPS) is 10.1. The van der Waals surface area contributed by atoms with Gasteiger partial charge in [0.1, 0.15) is 17.3 Å². The summed E-state index contributed by atoms with van der Waals surface area (Å²) in [5, 5.41) is 5.92. The molecule has 0 bridgehead atoms. The summed E-state index contributed by atoms with van der Waals surface area (Å²) in [4.78, 5) is 20.4. The standard InChI is InChI=1S/C16H20N4O2/c1-3-8-17-15-11-18-13(10-19-15)16(21)20-9-12-6-4-5-7-14(12)22-2/h4-7,10-11H,3,8-9H2,1-2H3,(H,17,19)(H,20,21). The Labute approximate surface area is 129 Å². The van der Waals surface area contributed by atoms with E-state index < -0.39 is 0 Å². The number of hydrogen-bond acceptors (Lipinski definition) is 5. The van der Waals surface area contributed by atoms with Crippen LogP contribution in [0.1, 0.15) is 29.4 Å². The molecule has 1 heterocycles. The molecule has 0 fully saturated rings. The summed E-state index contributed by atoms with van der Waals surface area (Å²) in [5.74, 6) is 1.15. The van der Waals surface area contributed by atoms with Crippen LogP contribution in [0.15, 0.2) is 36.7 Å². The Morgan fingerprint density at radius 3 is 2.73 bits per heavy atom. The quantitative estimate of drug-likeness (QED) is 0.820. The third-order valence-corrected chi connectivity index (χ3v) is 3.07. The van der Waals surface area contributed by atoms with Gasteiger partial charge in [0.05, 0.1) is 19.5 Å². The highest BCUT2D eigenvalue weighted by molar-refractivity contribution is 5.92. The molecule has 1 amide bonds. The van der Waals surface area contributed by atoms with Crippen LogP contribution in [0.5, 0.6) is 5.75 Å². The number of ether oxygens (including phenoxy) is 1. The first-order chi connectivity index (χ1) is 10.7. The van der Waals surface area contributed by atoms with Crippen molar-refractivity contribution < 1.29 is 9.53 Å². The second-order valence-electron chi connectivity index (χ2n) is 4.71. The number of rotatable bonds is 7. The molecule has 0 spiro atoms. The van der Waals surface area contributed by atoms with Crippen LogP contribution >= 0.6 is 0 Å². The summed E-state index contributed by atoms with van der Waals surface area (Å²) in [5.41, 5.74) is 1.20. The van der Waals surface area contributed by atoms with Gasteiger partial charge in [-0.2, -0.15) is 0 Å². The van der Waals surface area contributed by atoms with Crippen molar-refractivity contribution >= 4 is 11.7 Å². The van der Waals surface area contributed by atoms with E-state index in [0.717, 1.165) is 24.3 Å². The molecule has 1 aromatic carbocycles. The lowest BCUT2D eigenvalue weighted by molar-refractivity contribution is 0.0945. The predicted octanol–water partition coefficient (Wildman–Crippen LogP) is 2.24. The Balaban J connectivity index is 1.94. The Morgan fingerprint density at radius 2 is 2.05 bits per heavy atom. The van der Waals surface area contributed by atoms with E-state index in [1.165, 1.54) is 6.20 Å². The number of benzene rings is 1. The second kappa shape index (κ2) is 7.97. The minimum atomic E-state index is -0.263. The fourth-order valence-corrected chi connectivity index (χ4v) is 1.90. The molecule has 6 heteroatoms. The molecule has 6 nitrogen and oxygen atoms in total. The zero-order chi connectivity index (χ0) is 15.8. The van der Waals surface area contributed by atoms with Crippen LogP contribution in [0, 0.1) is 0 Å². The summed E-state index contributed by atoms with van der Waals surface area (Å²) >= 11 is 0. The highest BCUT2D eigenvalue weighted by Gasteiger charge is 2.09. The molecule has 0 aliphatic heterocycles. The van der Waals surface area contributed by atoms with E-state index >= 15 is 0 Å². The molecule has 0 radical (unpaired) electrons. The van der Waals surface area contributed by atoms with Gasteiger partial charge in [0.15, 0.2) is 0 Å². The topological polar surface area (TPSA) is 76.1 Å². The van der Waals surface area contributed by atoms with E-state index in [1.54, 1.807) is 13.3 Å². The average molecular weight is 300 g/mol. The van der Waals surface area contributed by atoms with Gasteiger partial charge < -0.3 is 15.4 Å². The number of nitrogens with one attached hydrogen (secondary N) is 2. The molecule has 2 N–H and O–H groups in total. The maximum atomic E-state index is 12.1. The lowest BCUT2D eigenvalue weighted by Gasteiger charge is -2.09. The summed E-state index contributed by atoms with van der Waals surface area (Å²) in [6.07, 6.45) is 4.03. The molecule has 0 aliphatic rings. The Bertz CT molecular complexity index is 614. The van der Waals surface area contributed by atoms with Crippen molar-refractivity contribution in [2.24, 2.45) is 0 Å². The summed E-state index contributed by atoms with van der Waals surface area (Å²) in [7, 11) is 1.61. The van der Waals surface area contributed by atoms with Crippen LogP contribution in [0.2, 0.25) is 0 Å². The fourth-order valence-electron chi connectivity index (χ4n) is 1.90. The van der Waals surface area contributed by atoms with Crippen molar-refractivity contribution in [1.29, 1.82) is 0 Å². The van der Waals surface area contributed by atoms with Gasteiger partial charge >= 0.3 is 0 Å². The van der Waals surface area contributed by atoms with E-state index in [-0.39, 0.29) is 11.6 Å². The number of carbonyl (C=O) groups is 1. The van der Waals surface area contributed by atoms with Crippen LogP contribution in [-0.2, 0) is 6.54 Å². The van der Waals surface area contributed by atoms with E-state index in [0.29, 0.717) is 12.4 Å². The molecule has 2 aromatic rings. The molecule has 0 unspecified atom stereocenters. The Hall–Kier alpha value is -2.63. The first-order valence-electron chi connectivity index (χ1n) is 7.20. The molecule has 22 heavy (non-hydrogen) atoms. The zero-order valence-electron chi connectivity index (χ0n) is 12.8. The molecule has 116 valence electrons. The predicted molar refractivity (Wildman–Crippen MR) is 85.0 cm³/mol. The van der Waals surface area contributed by atoms with Crippen LogP contribution in [0.25, 0.3) is 0 Å². The molecular formula is C16H20N4O2. The van der Waals surface area contributed by atoms with Gasteiger partial charge in [0, 0.05) is 18.7 Å². The SMILES string of the molecule is CCCNc1cnc(C(=O)NCc2ccccc2OC)cn1. The Morgan fingerprint density at radius 1 is 1.23 bits per heavy atom. The van der Waals surface area contributed by atoms with Crippen LogP contribution in [0.3, 0.4) is 0 Å². The summed E-state index contributed by atoms with van der Waals surface area (Å²) < 4.78 is 5.25. The van der Waals surface area contributed by atoms with Gasteiger partial charge in [-0.25, -0.2) is 9.97 Å². The molecule has 0 aliphatic carbocycles. The van der Waals surface area contributed by atoms with Crippen molar-refractivity contribution in [3.8, 4) is 5.75 Å². The van der Waals surface area contributed by atoms with E-state index in [9.17, 15) is 4.79 Å². The van der Waals surface area contributed by atoms with Gasteiger partial charge in [0.25, 0.3) is 5.91 Å². The van der Waals surface area contributed by atoms with Crippen molar-refractivity contribution in [2.45, 2.75) is 19.9 Å². The number of nitrogens with zero attached hydrogens (tertiary/aromatic N) is 2. The lowest BCUT2D eigenvalue weighted by atomic mass is 10.2. The Kier molecular flexibility index (Phi) is 5.71. The zero-order valence-corrected chi connectivity index (χ0v) is 12.8. The first-order valence-corrected chi connectivity index (χ1v) is 7.20. The van der Waals surface area contributed by atoms with E-state index in [4.69, 9.17) is 4.74 Å². The number of anilines is 1. The number of carbonyl (C=O) groups excluding carboxylic acids is 1. The minimum Gasteiger partial charge on any atom is -0.496 e. The number of hydrogen-bond donors (Lipinski definition) is 2. The van der Waals surface area contributed by atoms with Crippen molar-refractivity contribution in [3.05, 3.63) is 47.9 Å². The third kappa shape index (κ3) is 4.18. The largest absolute Gasteiger partial charge is 0.496 e. The molecule has 2 rings (SSSR count). The average Bonchev–Trinajstić information content (AvgIpc) is 2.58. The molecule has 0 saturated heterocycles. The van der Waals surface area contributed by atoms with E-state index in [1.807, 2.05) is 24.3 Å². The minimum absolute atomic E-state index is 0.263. The van der Waals surface area contributed by atoms with Crippen molar-refractivity contribution in [3.63, 3.8) is 0 Å². The number of methoxy groups -OCH3 is 1. The molecule has 0 saturated carbocycles. The summed E-state index contributed by atoms with van der Waals surface area (Å²) in [6, 6.07) is 7.55. The van der Waals surface area contributed by atoms with Gasteiger partial charge in [0.2, 0.25) is 0 Å². The van der Waals surface area contributed by atoms with Crippen LogP contribution in [-0.4, -0.2) is 29.5 Å². The lowest BCUT2D eigenvalue weighted by Crippen LogP contribution is -2.24. The summed E-state index contributed by atoms with van der Waals surface area (Å²) in [6.45, 7) is 3.27. The van der Waals surface area contributed by atoms with Crippen LogP contribution in [0.4, 0.5) is 5.82 Å². The van der Waals surface area contributed by atoms with Crippen molar-refractivity contribution in [2.75, 3.05) is 19.0 Å². The molecule has 1 aromatic heterocycles. The highest BCUT2D eigenvalue weighted by atomic mass is 16.5. The molecular weight excluding hydrogens is 280 g/mol. The van der Waals surface area contributed by atoms with Gasteiger partial charge in [-0.3, -0.25) is 4.79 Å². The van der Waals surface area contributed by atoms with Gasteiger partial charge in [-0.15, -0.1) is 0 Å². The first kappa shape index (κ1) is 15.8. The number of para-hydroxylation sites is 1. The monoisotopic (exact) mass is 300 g/mol. The smallest absolute Gasteiger partial charge is 0.271 e. The van der Waals surface area contributed by atoms with Crippen LogP contribution < -0.4 is 15.4 Å². The third-order valence-electron chi connectivity index (χ3n) is 3.07. The molecule has 0 atom stereocenters. The van der Waals surface area contributed by atoms with Crippen molar-refractivity contribution in [1.82, 2.24) is 15.3 Å². The number of aromatic nitrogens is 2. The number of amides is 1. The maximum absolute atomic E-state index is 12.1. The van der Waals surface area contributed by atoms with E-state index in [2.05, 4.69) is 27.5 Å². The van der Waals surface area contributed by atoms with Gasteiger partial charge in [-0.1, -0.05) is 25.1 Å².